The molecular weight excluding hydrogens is 406 g/mol. The fraction of sp³-hybridized carbons (Fsp3) is 0.381. The van der Waals surface area contributed by atoms with Crippen LogP contribution in [-0.2, 0) is 0 Å². The summed E-state index contributed by atoms with van der Waals surface area (Å²) in [4.78, 5) is 15.5. The Balaban J connectivity index is 1.92. The van der Waals surface area contributed by atoms with Gasteiger partial charge in [0.25, 0.3) is 0 Å². The molecule has 3 aromatic rings. The van der Waals surface area contributed by atoms with Gasteiger partial charge < -0.3 is 25.0 Å². The smallest absolute Gasteiger partial charge is 0.223 e. The van der Waals surface area contributed by atoms with E-state index in [2.05, 4.69) is 30.5 Å². The summed E-state index contributed by atoms with van der Waals surface area (Å²) in [5.41, 5.74) is 0.324. The highest BCUT2D eigenvalue weighted by Gasteiger charge is 2.25. The van der Waals surface area contributed by atoms with E-state index in [4.69, 9.17) is 9.47 Å². The van der Waals surface area contributed by atoms with Crippen molar-refractivity contribution in [1.82, 2.24) is 19.9 Å². The topological polar surface area (TPSA) is 84.4 Å². The SMILES string of the molecule is CNc1ncc2cc(-c3c(F)c(OC)cc(OC)c3F)nc(NC3CCN(C)C3)c2n1. The lowest BCUT2D eigenvalue weighted by molar-refractivity contribution is 0.359. The number of hydrogen-bond acceptors (Lipinski definition) is 8. The van der Waals surface area contributed by atoms with Crippen LogP contribution in [0.1, 0.15) is 6.42 Å². The molecule has 3 heterocycles. The minimum Gasteiger partial charge on any atom is -0.494 e. The molecule has 0 amide bonds. The number of nitrogens with zero attached hydrogens (tertiary/aromatic N) is 4. The first-order valence-corrected chi connectivity index (χ1v) is 9.86. The number of aromatic nitrogens is 3. The summed E-state index contributed by atoms with van der Waals surface area (Å²) in [6.45, 7) is 1.77. The lowest BCUT2D eigenvalue weighted by Crippen LogP contribution is -2.24. The molecule has 1 unspecified atom stereocenters. The molecule has 4 rings (SSSR count). The van der Waals surface area contributed by atoms with E-state index in [1.165, 1.54) is 20.3 Å². The summed E-state index contributed by atoms with van der Waals surface area (Å²) in [5.74, 6) is -1.12. The predicted molar refractivity (Wildman–Crippen MR) is 115 cm³/mol. The van der Waals surface area contributed by atoms with Crippen LogP contribution in [0.5, 0.6) is 11.5 Å². The van der Waals surface area contributed by atoms with Gasteiger partial charge in [-0.25, -0.2) is 23.7 Å². The third kappa shape index (κ3) is 3.90. The van der Waals surface area contributed by atoms with E-state index in [1.54, 1.807) is 19.3 Å². The quantitative estimate of drug-likeness (QED) is 0.617. The van der Waals surface area contributed by atoms with Gasteiger partial charge in [-0.15, -0.1) is 0 Å². The van der Waals surface area contributed by atoms with E-state index in [0.717, 1.165) is 19.5 Å². The third-order valence-electron chi connectivity index (χ3n) is 5.35. The highest BCUT2D eigenvalue weighted by Crippen LogP contribution is 2.38. The van der Waals surface area contributed by atoms with Gasteiger partial charge in [0.1, 0.15) is 5.52 Å². The van der Waals surface area contributed by atoms with Crippen LogP contribution in [0.25, 0.3) is 22.2 Å². The first-order chi connectivity index (χ1) is 14.9. The molecule has 164 valence electrons. The number of anilines is 2. The fourth-order valence-electron chi connectivity index (χ4n) is 3.75. The minimum atomic E-state index is -0.855. The monoisotopic (exact) mass is 430 g/mol. The van der Waals surface area contributed by atoms with E-state index in [9.17, 15) is 0 Å². The van der Waals surface area contributed by atoms with Crippen molar-refractivity contribution in [2.45, 2.75) is 12.5 Å². The maximum absolute atomic E-state index is 15.1. The molecule has 8 nitrogen and oxygen atoms in total. The van der Waals surface area contributed by atoms with Crippen LogP contribution in [0.4, 0.5) is 20.5 Å². The number of halogens is 2. The standard InChI is InChI=1S/C21H24F2N6O2/c1-24-21-25-9-11-7-13(16-17(22)14(30-3)8-15(31-4)18(16)23)27-20(19(11)28-21)26-12-5-6-29(2)10-12/h7-9,12H,5-6,10H2,1-4H3,(H,26,27)(H,24,25,28). The van der Waals surface area contributed by atoms with Gasteiger partial charge in [-0.3, -0.25) is 0 Å². The Kier molecular flexibility index (Phi) is 5.73. The van der Waals surface area contributed by atoms with Gasteiger partial charge in [-0.2, -0.15) is 0 Å². The second-order valence-corrected chi connectivity index (χ2v) is 7.41. The number of pyridine rings is 1. The molecule has 1 aromatic carbocycles. The Labute approximate surface area is 178 Å². The highest BCUT2D eigenvalue weighted by molar-refractivity contribution is 5.92. The number of ether oxygens (including phenoxy) is 2. The van der Waals surface area contributed by atoms with Crippen LogP contribution in [0, 0.1) is 11.6 Å². The number of likely N-dealkylation sites (N-methyl/N-ethyl adjacent to an activating group) is 1. The van der Waals surface area contributed by atoms with Crippen LogP contribution in [0.2, 0.25) is 0 Å². The molecule has 0 bridgehead atoms. The van der Waals surface area contributed by atoms with Gasteiger partial charge in [0.15, 0.2) is 29.0 Å². The van der Waals surface area contributed by atoms with E-state index in [-0.39, 0.29) is 28.8 Å². The average molecular weight is 430 g/mol. The summed E-state index contributed by atoms with van der Waals surface area (Å²) >= 11 is 0. The second kappa shape index (κ2) is 8.46. The number of likely N-dealkylation sites (tertiary alicyclic amines) is 1. The average Bonchev–Trinajstić information content (AvgIpc) is 3.18. The number of methoxy groups -OCH3 is 2. The largest absolute Gasteiger partial charge is 0.494 e. The Bertz CT molecular complexity index is 1100. The molecule has 1 aliphatic rings. The van der Waals surface area contributed by atoms with Crippen molar-refractivity contribution in [2.24, 2.45) is 0 Å². The van der Waals surface area contributed by atoms with Crippen LogP contribution in [-0.4, -0.2) is 67.3 Å². The zero-order valence-corrected chi connectivity index (χ0v) is 17.8. The van der Waals surface area contributed by atoms with Crippen molar-refractivity contribution < 1.29 is 18.3 Å². The number of hydrogen-bond donors (Lipinski definition) is 2. The molecule has 0 radical (unpaired) electrons. The fourth-order valence-corrected chi connectivity index (χ4v) is 3.75. The zero-order valence-electron chi connectivity index (χ0n) is 17.8. The molecule has 1 atom stereocenters. The number of nitrogens with one attached hydrogen (secondary N) is 2. The van der Waals surface area contributed by atoms with Gasteiger partial charge in [-0.1, -0.05) is 0 Å². The van der Waals surface area contributed by atoms with E-state index in [0.29, 0.717) is 22.7 Å². The van der Waals surface area contributed by atoms with Crippen molar-refractivity contribution in [2.75, 3.05) is 52.0 Å². The lowest BCUT2D eigenvalue weighted by Gasteiger charge is -2.17. The van der Waals surface area contributed by atoms with Gasteiger partial charge in [-0.05, 0) is 26.1 Å². The summed E-state index contributed by atoms with van der Waals surface area (Å²) < 4.78 is 40.4. The first kappa shape index (κ1) is 21.0. The van der Waals surface area contributed by atoms with Gasteiger partial charge in [0.05, 0.1) is 25.5 Å². The number of rotatable bonds is 6. The second-order valence-electron chi connectivity index (χ2n) is 7.41. The van der Waals surface area contributed by atoms with Crippen molar-refractivity contribution >= 4 is 22.7 Å². The van der Waals surface area contributed by atoms with Gasteiger partial charge in [0.2, 0.25) is 5.95 Å². The molecular formula is C21H24F2N6O2. The Morgan fingerprint density at radius 1 is 1.10 bits per heavy atom. The molecule has 0 saturated carbocycles. The Hall–Kier alpha value is -3.27. The zero-order chi connectivity index (χ0) is 22.1. The summed E-state index contributed by atoms with van der Waals surface area (Å²) in [6.07, 6.45) is 2.52. The number of benzene rings is 1. The normalized spacial score (nSPS) is 16.5. The molecule has 2 aromatic heterocycles. The molecule has 1 aliphatic heterocycles. The summed E-state index contributed by atoms with van der Waals surface area (Å²) in [6, 6.07) is 2.87. The van der Waals surface area contributed by atoms with E-state index >= 15 is 8.78 Å². The summed E-state index contributed by atoms with van der Waals surface area (Å²) in [7, 11) is 6.38. The lowest BCUT2D eigenvalue weighted by atomic mass is 10.1. The van der Waals surface area contributed by atoms with Crippen molar-refractivity contribution in [3.8, 4) is 22.8 Å². The van der Waals surface area contributed by atoms with E-state index < -0.39 is 11.6 Å². The maximum Gasteiger partial charge on any atom is 0.223 e. The maximum atomic E-state index is 15.1. The molecule has 10 heteroatoms. The van der Waals surface area contributed by atoms with Crippen molar-refractivity contribution in [1.29, 1.82) is 0 Å². The van der Waals surface area contributed by atoms with Crippen molar-refractivity contribution in [3.63, 3.8) is 0 Å². The predicted octanol–water partition coefficient (Wildman–Crippen LogP) is 3.14. The minimum absolute atomic E-state index is 0.0920. The van der Waals surface area contributed by atoms with Crippen LogP contribution < -0.4 is 20.1 Å². The highest BCUT2D eigenvalue weighted by atomic mass is 19.1. The number of fused-ring (bicyclic) bond motifs is 1. The Morgan fingerprint density at radius 3 is 2.39 bits per heavy atom. The van der Waals surface area contributed by atoms with Crippen LogP contribution >= 0.6 is 0 Å². The molecule has 0 spiro atoms. The summed E-state index contributed by atoms with van der Waals surface area (Å²) in [5, 5.41) is 6.89. The van der Waals surface area contributed by atoms with Crippen molar-refractivity contribution in [3.05, 3.63) is 30.0 Å². The third-order valence-corrected chi connectivity index (χ3v) is 5.35. The molecule has 0 aliphatic carbocycles. The van der Waals surface area contributed by atoms with E-state index in [1.807, 2.05) is 7.05 Å². The molecule has 31 heavy (non-hydrogen) atoms. The molecule has 2 N–H and O–H groups in total. The van der Waals surface area contributed by atoms with Gasteiger partial charge in [0, 0.05) is 37.3 Å². The van der Waals surface area contributed by atoms with Gasteiger partial charge >= 0.3 is 0 Å². The molecule has 1 fully saturated rings. The first-order valence-electron chi connectivity index (χ1n) is 9.86. The van der Waals surface area contributed by atoms with Crippen LogP contribution in [0.15, 0.2) is 18.3 Å². The van der Waals surface area contributed by atoms with Crippen LogP contribution in [0.3, 0.4) is 0 Å². The Morgan fingerprint density at radius 2 is 1.81 bits per heavy atom. The molecule has 1 saturated heterocycles.